The minimum Gasteiger partial charge on any atom is -0.330 e. The lowest BCUT2D eigenvalue weighted by Gasteiger charge is -2.22. The van der Waals surface area contributed by atoms with Crippen molar-refractivity contribution < 1.29 is 0 Å². The first-order valence-electron chi connectivity index (χ1n) is 3.57. The second kappa shape index (κ2) is 4.13. The van der Waals surface area contributed by atoms with Gasteiger partial charge in [-0.15, -0.1) is 11.6 Å². The van der Waals surface area contributed by atoms with Crippen molar-refractivity contribution in [2.45, 2.75) is 38.0 Å². The standard InChI is InChI=1S/C7H16ClN/c1-3-7(8,4-2)5-6-9/h3-6,9H2,1-2H3. The molecule has 0 aliphatic rings. The minimum atomic E-state index is -0.0191. The molecule has 0 rings (SSSR count). The maximum absolute atomic E-state index is 6.13. The molecule has 0 saturated carbocycles. The first kappa shape index (κ1) is 9.25. The first-order chi connectivity index (χ1) is 4.18. The lowest BCUT2D eigenvalue weighted by molar-refractivity contribution is 0.503. The smallest absolute Gasteiger partial charge is 0.0453 e. The van der Waals surface area contributed by atoms with E-state index in [4.69, 9.17) is 17.3 Å². The van der Waals surface area contributed by atoms with Crippen LogP contribution in [0, 0.1) is 0 Å². The molecule has 0 aliphatic heterocycles. The molecule has 0 heterocycles. The van der Waals surface area contributed by atoms with Gasteiger partial charge in [-0.1, -0.05) is 13.8 Å². The fourth-order valence-electron chi connectivity index (χ4n) is 0.862. The van der Waals surface area contributed by atoms with Gasteiger partial charge in [0.1, 0.15) is 0 Å². The second-order valence-corrected chi connectivity index (χ2v) is 3.20. The summed E-state index contributed by atoms with van der Waals surface area (Å²) < 4.78 is 0. The van der Waals surface area contributed by atoms with Crippen molar-refractivity contribution in [3.8, 4) is 0 Å². The molecule has 1 nitrogen and oxygen atoms in total. The predicted octanol–water partition coefficient (Wildman–Crippen LogP) is 2.13. The molecule has 0 aromatic carbocycles. The third-order valence-corrected chi connectivity index (χ3v) is 2.58. The Hall–Kier alpha value is 0.250. The third kappa shape index (κ3) is 3.07. The Morgan fingerprint density at radius 2 is 1.78 bits per heavy atom. The molecular formula is C7H16ClN. The zero-order valence-electron chi connectivity index (χ0n) is 6.28. The molecule has 0 spiro atoms. The van der Waals surface area contributed by atoms with Crippen molar-refractivity contribution in [1.82, 2.24) is 0 Å². The largest absolute Gasteiger partial charge is 0.330 e. The van der Waals surface area contributed by atoms with E-state index >= 15 is 0 Å². The van der Waals surface area contributed by atoms with Gasteiger partial charge in [0, 0.05) is 4.87 Å². The Kier molecular flexibility index (Phi) is 4.24. The quantitative estimate of drug-likeness (QED) is 0.609. The van der Waals surface area contributed by atoms with Crippen molar-refractivity contribution in [2.24, 2.45) is 5.73 Å². The van der Waals surface area contributed by atoms with E-state index in [1.807, 2.05) is 0 Å². The van der Waals surface area contributed by atoms with Crippen LogP contribution < -0.4 is 5.73 Å². The number of hydrogen-bond acceptors (Lipinski definition) is 1. The highest BCUT2D eigenvalue weighted by molar-refractivity contribution is 6.23. The highest BCUT2D eigenvalue weighted by Gasteiger charge is 2.20. The summed E-state index contributed by atoms with van der Waals surface area (Å²) in [4.78, 5) is -0.0191. The van der Waals surface area contributed by atoms with Gasteiger partial charge >= 0.3 is 0 Å². The van der Waals surface area contributed by atoms with Gasteiger partial charge in [-0.3, -0.25) is 0 Å². The van der Waals surface area contributed by atoms with E-state index in [0.29, 0.717) is 6.54 Å². The Bertz CT molecular complexity index is 69.3. The minimum absolute atomic E-state index is 0.0191. The summed E-state index contributed by atoms with van der Waals surface area (Å²) in [5, 5.41) is 0. The zero-order valence-corrected chi connectivity index (χ0v) is 7.04. The summed E-state index contributed by atoms with van der Waals surface area (Å²) in [5.41, 5.74) is 5.38. The van der Waals surface area contributed by atoms with Crippen LogP contribution in [0.3, 0.4) is 0 Å². The Morgan fingerprint density at radius 1 is 1.33 bits per heavy atom. The van der Waals surface area contributed by atoms with Crippen LogP contribution in [0.1, 0.15) is 33.1 Å². The van der Waals surface area contributed by atoms with Gasteiger partial charge in [-0.25, -0.2) is 0 Å². The summed E-state index contributed by atoms with van der Waals surface area (Å²) in [7, 11) is 0. The van der Waals surface area contributed by atoms with Crippen LogP contribution in [0.2, 0.25) is 0 Å². The van der Waals surface area contributed by atoms with Gasteiger partial charge in [0.15, 0.2) is 0 Å². The van der Waals surface area contributed by atoms with E-state index in [1.54, 1.807) is 0 Å². The van der Waals surface area contributed by atoms with E-state index in [1.165, 1.54) is 0 Å². The van der Waals surface area contributed by atoms with Gasteiger partial charge < -0.3 is 5.73 Å². The van der Waals surface area contributed by atoms with Gasteiger partial charge in [-0.05, 0) is 25.8 Å². The van der Waals surface area contributed by atoms with Crippen LogP contribution in [0.5, 0.6) is 0 Å². The van der Waals surface area contributed by atoms with Gasteiger partial charge in [-0.2, -0.15) is 0 Å². The van der Waals surface area contributed by atoms with Crippen LogP contribution in [-0.2, 0) is 0 Å². The molecule has 0 radical (unpaired) electrons. The number of nitrogens with two attached hydrogens (primary N) is 1. The number of halogens is 1. The Balaban J connectivity index is 3.62. The van der Waals surface area contributed by atoms with Crippen molar-refractivity contribution in [3.05, 3.63) is 0 Å². The van der Waals surface area contributed by atoms with Crippen molar-refractivity contribution >= 4 is 11.6 Å². The Labute approximate surface area is 62.6 Å². The molecule has 0 fully saturated rings. The normalized spacial score (nSPS) is 12.0. The molecule has 0 aromatic heterocycles. The molecule has 0 saturated heterocycles. The number of hydrogen-bond donors (Lipinski definition) is 1. The van der Waals surface area contributed by atoms with E-state index in [-0.39, 0.29) is 4.87 Å². The maximum atomic E-state index is 6.13. The summed E-state index contributed by atoms with van der Waals surface area (Å²) in [6.07, 6.45) is 2.96. The van der Waals surface area contributed by atoms with E-state index in [2.05, 4.69) is 13.8 Å². The van der Waals surface area contributed by atoms with Crippen LogP contribution in [0.15, 0.2) is 0 Å². The van der Waals surface area contributed by atoms with Crippen molar-refractivity contribution in [3.63, 3.8) is 0 Å². The molecule has 2 N–H and O–H groups in total. The fourth-order valence-corrected chi connectivity index (χ4v) is 0.971. The number of rotatable bonds is 4. The summed E-state index contributed by atoms with van der Waals surface area (Å²) >= 11 is 6.13. The lowest BCUT2D eigenvalue weighted by atomic mass is 9.99. The Morgan fingerprint density at radius 3 is 1.89 bits per heavy atom. The van der Waals surface area contributed by atoms with Gasteiger partial charge in [0.2, 0.25) is 0 Å². The van der Waals surface area contributed by atoms with Crippen LogP contribution in [0.4, 0.5) is 0 Å². The lowest BCUT2D eigenvalue weighted by Crippen LogP contribution is -2.23. The topological polar surface area (TPSA) is 26.0 Å². The second-order valence-electron chi connectivity index (χ2n) is 2.40. The van der Waals surface area contributed by atoms with Crippen molar-refractivity contribution in [1.29, 1.82) is 0 Å². The molecule has 9 heavy (non-hydrogen) atoms. The summed E-state index contributed by atoms with van der Waals surface area (Å²) in [5.74, 6) is 0. The van der Waals surface area contributed by atoms with Crippen LogP contribution in [0.25, 0.3) is 0 Å². The number of alkyl halides is 1. The highest BCUT2D eigenvalue weighted by atomic mass is 35.5. The monoisotopic (exact) mass is 149 g/mol. The van der Waals surface area contributed by atoms with E-state index in [9.17, 15) is 0 Å². The van der Waals surface area contributed by atoms with Gasteiger partial charge in [0.05, 0.1) is 0 Å². The molecule has 0 aliphatic carbocycles. The average Bonchev–Trinajstić information content (AvgIpc) is 1.89. The van der Waals surface area contributed by atoms with E-state index < -0.39 is 0 Å². The third-order valence-electron chi connectivity index (χ3n) is 1.86. The molecule has 2 heteroatoms. The van der Waals surface area contributed by atoms with Crippen LogP contribution in [-0.4, -0.2) is 11.4 Å². The van der Waals surface area contributed by atoms with Gasteiger partial charge in [0.25, 0.3) is 0 Å². The summed E-state index contributed by atoms with van der Waals surface area (Å²) in [6.45, 7) is 4.91. The fraction of sp³-hybridized carbons (Fsp3) is 1.00. The molecule has 0 unspecified atom stereocenters. The molecule has 0 aromatic rings. The highest BCUT2D eigenvalue weighted by Crippen LogP contribution is 2.26. The first-order valence-corrected chi connectivity index (χ1v) is 3.95. The SMILES string of the molecule is CCC(Cl)(CC)CCN. The molecule has 0 amide bonds. The predicted molar refractivity (Wildman–Crippen MR) is 42.8 cm³/mol. The average molecular weight is 150 g/mol. The molecule has 56 valence electrons. The maximum Gasteiger partial charge on any atom is 0.0453 e. The molecule has 0 bridgehead atoms. The molecule has 0 atom stereocenters. The zero-order chi connectivity index (χ0) is 7.33. The molecular weight excluding hydrogens is 134 g/mol. The van der Waals surface area contributed by atoms with Crippen LogP contribution >= 0.6 is 11.6 Å². The van der Waals surface area contributed by atoms with Crippen molar-refractivity contribution in [2.75, 3.05) is 6.54 Å². The van der Waals surface area contributed by atoms with E-state index in [0.717, 1.165) is 19.3 Å². The summed E-state index contributed by atoms with van der Waals surface area (Å²) in [6, 6.07) is 0.